The van der Waals surface area contributed by atoms with E-state index >= 15 is 0 Å². The van der Waals surface area contributed by atoms with Gasteiger partial charge in [-0.1, -0.05) is 0 Å². The number of carbonyl (C=O) groups excluding carboxylic acids is 1. The molecule has 22 heavy (non-hydrogen) atoms. The summed E-state index contributed by atoms with van der Waals surface area (Å²) in [5, 5.41) is 2.73. The summed E-state index contributed by atoms with van der Waals surface area (Å²) in [5.74, 6) is -0.171. The molecule has 2 heterocycles. The molecule has 1 aliphatic heterocycles. The Bertz CT molecular complexity index is 585. The molecule has 1 unspecified atom stereocenters. The van der Waals surface area contributed by atoms with Crippen molar-refractivity contribution in [3.63, 3.8) is 0 Å². The molecule has 1 saturated heterocycles. The van der Waals surface area contributed by atoms with Crippen LogP contribution in [0.15, 0.2) is 24.5 Å². The molecular weight excluding hydrogens is 306 g/mol. The zero-order valence-electron chi connectivity index (χ0n) is 12.6. The minimum atomic E-state index is -3.35. The molecule has 1 aromatic rings. The molecule has 0 saturated carbocycles. The highest BCUT2D eigenvalue weighted by Crippen LogP contribution is 2.11. The van der Waals surface area contributed by atoms with E-state index in [2.05, 4.69) is 10.3 Å². The third kappa shape index (κ3) is 5.04. The van der Waals surface area contributed by atoms with E-state index in [1.807, 2.05) is 0 Å². The first kappa shape index (κ1) is 16.9. The molecule has 7 nitrogen and oxygen atoms in total. The zero-order valence-corrected chi connectivity index (χ0v) is 13.4. The van der Waals surface area contributed by atoms with Gasteiger partial charge < -0.3 is 10.1 Å². The van der Waals surface area contributed by atoms with Gasteiger partial charge in [0, 0.05) is 38.6 Å². The van der Waals surface area contributed by atoms with Gasteiger partial charge in [-0.25, -0.2) is 8.42 Å². The van der Waals surface area contributed by atoms with E-state index in [4.69, 9.17) is 4.74 Å². The van der Waals surface area contributed by atoms with Crippen LogP contribution in [-0.2, 0) is 26.1 Å². The molecule has 0 aromatic carbocycles. The molecule has 0 bridgehead atoms. The molecule has 1 N–H and O–H groups in total. The van der Waals surface area contributed by atoms with Crippen molar-refractivity contribution in [3.8, 4) is 0 Å². The first-order valence-corrected chi connectivity index (χ1v) is 9.05. The van der Waals surface area contributed by atoms with E-state index in [1.54, 1.807) is 24.5 Å². The van der Waals surface area contributed by atoms with Gasteiger partial charge >= 0.3 is 0 Å². The molecule has 0 aliphatic carbocycles. The molecule has 122 valence electrons. The van der Waals surface area contributed by atoms with E-state index in [0.717, 1.165) is 24.7 Å². The van der Waals surface area contributed by atoms with Gasteiger partial charge in [-0.3, -0.25) is 9.78 Å². The fraction of sp³-hybridized carbons (Fsp3) is 0.571. The summed E-state index contributed by atoms with van der Waals surface area (Å²) >= 11 is 0. The monoisotopic (exact) mass is 327 g/mol. The van der Waals surface area contributed by atoms with Crippen LogP contribution < -0.4 is 5.32 Å². The van der Waals surface area contributed by atoms with Crippen molar-refractivity contribution in [2.24, 2.45) is 0 Å². The van der Waals surface area contributed by atoms with Crippen molar-refractivity contribution in [2.45, 2.75) is 25.5 Å². The quantitative estimate of drug-likeness (QED) is 0.769. The molecule has 8 heteroatoms. The Morgan fingerprint density at radius 1 is 1.45 bits per heavy atom. The molecule has 1 aromatic heterocycles. The number of rotatable bonds is 7. The summed E-state index contributed by atoms with van der Waals surface area (Å²) in [6.45, 7) is 1.35. The van der Waals surface area contributed by atoms with Gasteiger partial charge in [0.2, 0.25) is 15.9 Å². The number of hydrogen-bond acceptors (Lipinski definition) is 5. The second-order valence-corrected chi connectivity index (χ2v) is 7.23. The average molecular weight is 327 g/mol. The highest BCUT2D eigenvalue weighted by molar-refractivity contribution is 7.88. The summed E-state index contributed by atoms with van der Waals surface area (Å²) in [6, 6.07) is 3.53. The topological polar surface area (TPSA) is 88.6 Å². The summed E-state index contributed by atoms with van der Waals surface area (Å²) in [6.07, 6.45) is 5.61. The number of hydrogen-bond donors (Lipinski definition) is 1. The van der Waals surface area contributed by atoms with Crippen LogP contribution in [0.4, 0.5) is 0 Å². The summed E-state index contributed by atoms with van der Waals surface area (Å²) in [7, 11) is -3.35. The van der Waals surface area contributed by atoms with E-state index < -0.39 is 16.1 Å². The van der Waals surface area contributed by atoms with Crippen molar-refractivity contribution >= 4 is 15.9 Å². The third-order valence-corrected chi connectivity index (χ3v) is 4.71. The molecule has 0 radical (unpaired) electrons. The molecular formula is C14H21N3O4S. The van der Waals surface area contributed by atoms with Crippen LogP contribution in [0.3, 0.4) is 0 Å². The largest absolute Gasteiger partial charge is 0.368 e. The Hall–Kier alpha value is -1.51. The SMILES string of the molecule is CS(=O)(=O)N(CCNC(=O)C1CCCO1)Cc1ccncc1. The Labute approximate surface area is 130 Å². The predicted molar refractivity (Wildman–Crippen MR) is 81.5 cm³/mol. The minimum Gasteiger partial charge on any atom is -0.368 e. The number of ether oxygens (including phenoxy) is 1. The molecule has 1 amide bonds. The maximum Gasteiger partial charge on any atom is 0.249 e. The molecule has 1 fully saturated rings. The van der Waals surface area contributed by atoms with Gasteiger partial charge in [-0.05, 0) is 30.5 Å². The third-order valence-electron chi connectivity index (χ3n) is 3.46. The van der Waals surface area contributed by atoms with E-state index in [-0.39, 0.29) is 25.5 Å². The van der Waals surface area contributed by atoms with E-state index in [9.17, 15) is 13.2 Å². The van der Waals surface area contributed by atoms with Crippen LogP contribution >= 0.6 is 0 Å². The summed E-state index contributed by atoms with van der Waals surface area (Å²) in [5.41, 5.74) is 0.853. The molecule has 2 rings (SSSR count). The Balaban J connectivity index is 1.86. The van der Waals surface area contributed by atoms with Gasteiger partial charge in [0.1, 0.15) is 6.10 Å². The second kappa shape index (κ2) is 7.66. The van der Waals surface area contributed by atoms with Crippen molar-refractivity contribution in [2.75, 3.05) is 26.0 Å². The highest BCUT2D eigenvalue weighted by atomic mass is 32.2. The molecule has 0 spiro atoms. The summed E-state index contributed by atoms with van der Waals surface area (Å²) in [4.78, 5) is 15.7. The second-order valence-electron chi connectivity index (χ2n) is 5.24. The Morgan fingerprint density at radius 3 is 2.77 bits per heavy atom. The number of carbonyl (C=O) groups is 1. The highest BCUT2D eigenvalue weighted by Gasteiger charge is 2.24. The number of amides is 1. The lowest BCUT2D eigenvalue weighted by molar-refractivity contribution is -0.130. The van der Waals surface area contributed by atoms with Crippen LogP contribution in [-0.4, -0.2) is 55.7 Å². The van der Waals surface area contributed by atoms with Gasteiger partial charge in [0.05, 0.1) is 6.26 Å². The lowest BCUT2D eigenvalue weighted by atomic mass is 10.2. The smallest absolute Gasteiger partial charge is 0.249 e. The Morgan fingerprint density at radius 2 is 2.18 bits per heavy atom. The standard InChI is InChI=1S/C14H21N3O4S/c1-22(19,20)17(11-12-4-6-15-7-5-12)9-8-16-14(18)13-3-2-10-21-13/h4-7,13H,2-3,8-11H2,1H3,(H,16,18). The molecule has 1 aliphatic rings. The summed E-state index contributed by atoms with van der Waals surface area (Å²) < 4.78 is 30.3. The van der Waals surface area contributed by atoms with Crippen LogP contribution in [0, 0.1) is 0 Å². The molecule has 1 atom stereocenters. The number of pyridine rings is 1. The van der Waals surface area contributed by atoms with Gasteiger partial charge in [0.15, 0.2) is 0 Å². The van der Waals surface area contributed by atoms with Crippen molar-refractivity contribution in [3.05, 3.63) is 30.1 Å². The van der Waals surface area contributed by atoms with E-state index in [0.29, 0.717) is 6.61 Å². The van der Waals surface area contributed by atoms with Crippen LogP contribution in [0.5, 0.6) is 0 Å². The van der Waals surface area contributed by atoms with Gasteiger partial charge in [-0.2, -0.15) is 4.31 Å². The zero-order chi connectivity index (χ0) is 16.0. The van der Waals surface area contributed by atoms with Crippen molar-refractivity contribution in [1.82, 2.24) is 14.6 Å². The van der Waals surface area contributed by atoms with Crippen LogP contribution in [0.1, 0.15) is 18.4 Å². The van der Waals surface area contributed by atoms with Crippen LogP contribution in [0.2, 0.25) is 0 Å². The van der Waals surface area contributed by atoms with Crippen molar-refractivity contribution in [1.29, 1.82) is 0 Å². The first-order chi connectivity index (χ1) is 10.5. The van der Waals surface area contributed by atoms with E-state index in [1.165, 1.54) is 4.31 Å². The number of aromatic nitrogens is 1. The fourth-order valence-corrected chi connectivity index (χ4v) is 3.06. The lowest BCUT2D eigenvalue weighted by Crippen LogP contribution is -2.41. The normalized spacial score (nSPS) is 18.5. The Kier molecular flexibility index (Phi) is 5.87. The average Bonchev–Trinajstić information content (AvgIpc) is 3.00. The van der Waals surface area contributed by atoms with Gasteiger partial charge in [-0.15, -0.1) is 0 Å². The minimum absolute atomic E-state index is 0.171. The number of nitrogens with one attached hydrogen (secondary N) is 1. The number of nitrogens with zero attached hydrogens (tertiary/aromatic N) is 2. The van der Waals surface area contributed by atoms with Crippen molar-refractivity contribution < 1.29 is 17.9 Å². The predicted octanol–water partition coefficient (Wildman–Crippen LogP) is 0.138. The number of sulfonamides is 1. The fourth-order valence-electron chi connectivity index (χ4n) is 2.26. The maximum atomic E-state index is 11.8. The lowest BCUT2D eigenvalue weighted by Gasteiger charge is -2.20. The van der Waals surface area contributed by atoms with Gasteiger partial charge in [0.25, 0.3) is 0 Å². The maximum absolute atomic E-state index is 11.8. The van der Waals surface area contributed by atoms with Crippen LogP contribution in [0.25, 0.3) is 0 Å². The first-order valence-electron chi connectivity index (χ1n) is 7.20.